The van der Waals surface area contributed by atoms with Crippen LogP contribution < -0.4 is 0 Å². The second-order valence-electron chi connectivity index (χ2n) is 7.19. The predicted octanol–water partition coefficient (Wildman–Crippen LogP) is 3.38. The molecule has 2 aliphatic heterocycles. The van der Waals surface area contributed by atoms with Crippen LogP contribution in [0.15, 0.2) is 24.3 Å². The van der Waals surface area contributed by atoms with E-state index in [0.717, 1.165) is 30.4 Å². The molecule has 0 N–H and O–H groups in total. The fourth-order valence-corrected chi connectivity index (χ4v) is 4.23. The number of para-hydroxylation sites is 1. The maximum atomic E-state index is 12.8. The molecule has 0 saturated carbocycles. The molecule has 0 spiro atoms. The van der Waals surface area contributed by atoms with Gasteiger partial charge in [0.15, 0.2) is 5.69 Å². The van der Waals surface area contributed by atoms with E-state index in [0.29, 0.717) is 17.5 Å². The van der Waals surface area contributed by atoms with E-state index in [-0.39, 0.29) is 17.3 Å². The highest BCUT2D eigenvalue weighted by molar-refractivity contribution is 6.02. The quantitative estimate of drug-likeness (QED) is 0.781. The summed E-state index contributed by atoms with van der Waals surface area (Å²) in [5, 5.41) is 4.31. The number of aromatic nitrogens is 2. The molecule has 5 nitrogen and oxygen atoms in total. The van der Waals surface area contributed by atoms with E-state index in [1.54, 1.807) is 18.2 Å². The minimum atomic E-state index is -4.41. The number of alkyl halides is 3. The number of hydrogen-bond donors (Lipinski definition) is 0. The number of halogens is 3. The van der Waals surface area contributed by atoms with Crippen molar-refractivity contribution in [3.8, 4) is 0 Å². The zero-order valence-electron chi connectivity index (χ0n) is 14.4. The molecular weight excluding hydrogens is 347 g/mol. The Bertz CT molecular complexity index is 819. The molecule has 1 aromatic heterocycles. The number of nitrogens with zero attached hydrogens (tertiary/aromatic N) is 3. The summed E-state index contributed by atoms with van der Waals surface area (Å²) in [6.45, 7) is -1.24. The second-order valence-corrected chi connectivity index (χ2v) is 7.19. The topological polar surface area (TPSA) is 47.4 Å². The first-order valence-corrected chi connectivity index (χ1v) is 8.77. The van der Waals surface area contributed by atoms with Crippen molar-refractivity contribution in [1.29, 1.82) is 0 Å². The maximum absolute atomic E-state index is 12.8. The Kier molecular flexibility index (Phi) is 4.17. The second kappa shape index (κ2) is 6.26. The monoisotopic (exact) mass is 367 g/mol. The van der Waals surface area contributed by atoms with Gasteiger partial charge in [0.1, 0.15) is 12.6 Å². The molecule has 8 heteroatoms. The van der Waals surface area contributed by atoms with Crippen molar-refractivity contribution in [2.45, 2.75) is 56.6 Å². The van der Waals surface area contributed by atoms with Crippen molar-refractivity contribution >= 4 is 16.9 Å². The molecule has 4 rings (SSSR count). The Balaban J connectivity index is 1.57. The summed E-state index contributed by atoms with van der Waals surface area (Å²) in [4.78, 5) is 15.0. The van der Waals surface area contributed by atoms with Gasteiger partial charge in [0.05, 0.1) is 5.52 Å². The Morgan fingerprint density at radius 3 is 2.54 bits per heavy atom. The number of rotatable bonds is 3. The summed E-state index contributed by atoms with van der Waals surface area (Å²) in [5.41, 5.74) is 0.233. The van der Waals surface area contributed by atoms with E-state index < -0.39 is 18.7 Å². The minimum Gasteiger partial charge on any atom is -0.457 e. The van der Waals surface area contributed by atoms with Gasteiger partial charge < -0.3 is 9.64 Å². The maximum Gasteiger partial charge on any atom is 0.408 e. The molecule has 2 fully saturated rings. The van der Waals surface area contributed by atoms with Crippen molar-refractivity contribution in [1.82, 2.24) is 14.7 Å². The number of benzene rings is 1. The van der Waals surface area contributed by atoms with E-state index in [1.807, 2.05) is 0 Å². The number of ether oxygens (including phenoxy) is 1. The lowest BCUT2D eigenvalue weighted by molar-refractivity contribution is -0.141. The van der Waals surface area contributed by atoms with E-state index in [2.05, 4.69) is 17.0 Å². The highest BCUT2D eigenvalue weighted by Crippen LogP contribution is 2.36. The molecule has 2 unspecified atom stereocenters. The Labute approximate surface area is 148 Å². The van der Waals surface area contributed by atoms with Crippen LogP contribution in [0.25, 0.3) is 10.9 Å². The fraction of sp³-hybridized carbons (Fsp3) is 0.556. The van der Waals surface area contributed by atoms with E-state index >= 15 is 0 Å². The van der Waals surface area contributed by atoms with Crippen LogP contribution in [0.5, 0.6) is 0 Å². The highest BCUT2D eigenvalue weighted by atomic mass is 19.4. The van der Waals surface area contributed by atoms with Gasteiger partial charge in [-0.1, -0.05) is 18.2 Å². The molecule has 2 aliphatic rings. The average Bonchev–Trinajstić information content (AvgIpc) is 3.00. The van der Waals surface area contributed by atoms with Crippen molar-refractivity contribution in [3.05, 3.63) is 30.0 Å². The van der Waals surface area contributed by atoms with Crippen LogP contribution in [0.1, 0.15) is 36.2 Å². The van der Waals surface area contributed by atoms with Crippen molar-refractivity contribution in [2.24, 2.45) is 0 Å². The number of hydrogen-bond acceptors (Lipinski definition) is 4. The number of carbonyl (C=O) groups is 1. The van der Waals surface area contributed by atoms with Gasteiger partial charge in [-0.3, -0.25) is 4.68 Å². The van der Waals surface area contributed by atoms with Gasteiger partial charge in [-0.2, -0.15) is 18.3 Å². The Morgan fingerprint density at radius 2 is 1.88 bits per heavy atom. The van der Waals surface area contributed by atoms with Gasteiger partial charge >= 0.3 is 12.1 Å². The van der Waals surface area contributed by atoms with Gasteiger partial charge in [0, 0.05) is 30.3 Å². The molecule has 140 valence electrons. The summed E-state index contributed by atoms with van der Waals surface area (Å²) in [5.74, 6) is -0.643. The minimum absolute atomic E-state index is 0.0453. The summed E-state index contributed by atoms with van der Waals surface area (Å²) < 4.78 is 44.9. The van der Waals surface area contributed by atoms with E-state index in [1.165, 1.54) is 6.07 Å². The third kappa shape index (κ3) is 3.18. The molecule has 26 heavy (non-hydrogen) atoms. The molecule has 0 amide bonds. The van der Waals surface area contributed by atoms with Crippen LogP contribution in [0.2, 0.25) is 0 Å². The SMILES string of the molecule is CN1C2CCC1CC(OC(=O)c1nn(CC(F)(F)F)c3ccccc13)C2. The van der Waals surface area contributed by atoms with Gasteiger partial charge in [-0.25, -0.2) is 4.79 Å². The molecular formula is C18H20F3N3O2. The molecule has 2 bridgehead atoms. The lowest BCUT2D eigenvalue weighted by atomic mass is 10.0. The van der Waals surface area contributed by atoms with Crippen LogP contribution in [0, 0.1) is 0 Å². The first-order valence-electron chi connectivity index (χ1n) is 8.77. The van der Waals surface area contributed by atoms with Crippen LogP contribution in [-0.4, -0.2) is 52.1 Å². The lowest BCUT2D eigenvalue weighted by Gasteiger charge is -2.35. The first kappa shape index (κ1) is 17.3. The predicted molar refractivity (Wildman–Crippen MR) is 88.8 cm³/mol. The van der Waals surface area contributed by atoms with Gasteiger partial charge in [-0.05, 0) is 26.0 Å². The molecule has 2 saturated heterocycles. The zero-order valence-corrected chi connectivity index (χ0v) is 14.4. The van der Waals surface area contributed by atoms with Gasteiger partial charge in [-0.15, -0.1) is 0 Å². The summed E-state index contributed by atoms with van der Waals surface area (Å²) in [6, 6.07) is 7.25. The average molecular weight is 367 g/mol. The number of esters is 1. The van der Waals surface area contributed by atoms with Crippen LogP contribution in [0.4, 0.5) is 13.2 Å². The summed E-state index contributed by atoms with van der Waals surface area (Å²) in [7, 11) is 2.09. The van der Waals surface area contributed by atoms with Crippen molar-refractivity contribution in [2.75, 3.05) is 7.05 Å². The van der Waals surface area contributed by atoms with Gasteiger partial charge in [0.25, 0.3) is 0 Å². The van der Waals surface area contributed by atoms with Crippen LogP contribution in [-0.2, 0) is 11.3 Å². The molecule has 3 heterocycles. The number of piperidine rings is 1. The normalized spacial score (nSPS) is 26.4. The zero-order chi connectivity index (χ0) is 18.5. The van der Waals surface area contributed by atoms with Crippen molar-refractivity contribution in [3.63, 3.8) is 0 Å². The van der Waals surface area contributed by atoms with E-state index in [9.17, 15) is 18.0 Å². The smallest absolute Gasteiger partial charge is 0.408 e. The molecule has 1 aromatic carbocycles. The Morgan fingerprint density at radius 1 is 1.23 bits per heavy atom. The van der Waals surface area contributed by atoms with Crippen LogP contribution >= 0.6 is 0 Å². The molecule has 0 aliphatic carbocycles. The fourth-order valence-electron chi connectivity index (χ4n) is 4.23. The van der Waals surface area contributed by atoms with Crippen molar-refractivity contribution < 1.29 is 22.7 Å². The first-order chi connectivity index (χ1) is 12.3. The number of carbonyl (C=O) groups excluding carboxylic acids is 1. The van der Waals surface area contributed by atoms with E-state index in [4.69, 9.17) is 4.74 Å². The Hall–Kier alpha value is -2.09. The molecule has 0 radical (unpaired) electrons. The third-order valence-electron chi connectivity index (χ3n) is 5.51. The van der Waals surface area contributed by atoms with Crippen LogP contribution in [0.3, 0.4) is 0 Å². The largest absolute Gasteiger partial charge is 0.457 e. The summed E-state index contributed by atoms with van der Waals surface area (Å²) in [6.07, 6.45) is -0.901. The number of fused-ring (bicyclic) bond motifs is 3. The molecule has 2 atom stereocenters. The summed E-state index contributed by atoms with van der Waals surface area (Å²) >= 11 is 0. The lowest BCUT2D eigenvalue weighted by Crippen LogP contribution is -2.43. The third-order valence-corrected chi connectivity index (χ3v) is 5.51. The van der Waals surface area contributed by atoms with Gasteiger partial charge in [0.2, 0.25) is 0 Å². The standard InChI is InChI=1S/C18H20F3N3O2/c1-23-11-6-7-12(23)9-13(8-11)26-17(25)16-14-4-2-3-5-15(14)24(22-16)10-18(19,20)21/h2-5,11-13H,6-10H2,1H3. The highest BCUT2D eigenvalue weighted by Gasteiger charge is 2.40. The molecule has 2 aromatic rings.